The number of hydrogen-bond acceptors (Lipinski definition) is 6. The first-order valence-corrected chi connectivity index (χ1v) is 34.8. The minimum atomic E-state index is -0.782. The number of rotatable bonds is 64. The maximum absolute atomic E-state index is 12.9. The van der Waals surface area contributed by atoms with E-state index in [0.717, 1.165) is 96.3 Å². The zero-order chi connectivity index (χ0) is 57.1. The van der Waals surface area contributed by atoms with Gasteiger partial charge in [-0.1, -0.05) is 326 Å². The molecule has 0 heterocycles. The van der Waals surface area contributed by atoms with Crippen molar-refractivity contribution in [2.45, 2.75) is 374 Å². The van der Waals surface area contributed by atoms with E-state index in [9.17, 15) is 14.4 Å². The van der Waals surface area contributed by atoms with Crippen LogP contribution in [0.15, 0.2) is 60.8 Å². The lowest BCUT2D eigenvalue weighted by molar-refractivity contribution is -0.167. The standard InChI is InChI=1S/C73H132O6/c1-4-7-10-13-16-19-22-25-28-30-32-34-35-36-37-39-40-42-45-48-51-54-57-60-63-66-72(75)78-69-70(68-77-71(74)65-62-59-56-53-50-47-44-27-24-21-18-15-12-9-6-3)79-73(76)67-64-61-58-55-52-49-46-43-41-38-33-31-29-26-23-20-17-14-11-8-5-2/h8,11,17,20,26-27,29,33,38,44,70H,4-7,9-10,12-16,18-19,21-25,28,30-32,34-37,39-43,45-69H2,1-3H3/b11-8-,20-17-,29-26-,38-33-,44-27-. The summed E-state index contributed by atoms with van der Waals surface area (Å²) in [6.45, 7) is 6.57. The molecule has 0 aliphatic rings. The van der Waals surface area contributed by atoms with Gasteiger partial charge in [-0.3, -0.25) is 14.4 Å². The fraction of sp³-hybridized carbons (Fsp3) is 0.822. The van der Waals surface area contributed by atoms with Gasteiger partial charge >= 0.3 is 17.9 Å². The predicted octanol–water partition coefficient (Wildman–Crippen LogP) is 23.9. The molecule has 0 saturated carbocycles. The van der Waals surface area contributed by atoms with Gasteiger partial charge in [0.25, 0.3) is 0 Å². The molecule has 0 aliphatic heterocycles. The molecule has 6 heteroatoms. The second-order valence-corrected chi connectivity index (χ2v) is 23.4. The number of allylic oxidation sites excluding steroid dienone is 10. The Morgan fingerprint density at radius 3 is 0.785 bits per heavy atom. The summed E-state index contributed by atoms with van der Waals surface area (Å²) in [7, 11) is 0. The maximum atomic E-state index is 12.9. The summed E-state index contributed by atoms with van der Waals surface area (Å²) in [5.74, 6) is -0.870. The molecule has 0 aromatic heterocycles. The van der Waals surface area contributed by atoms with Crippen LogP contribution in [0, 0.1) is 0 Å². The number of ether oxygens (including phenoxy) is 3. The van der Waals surface area contributed by atoms with Gasteiger partial charge in [-0.15, -0.1) is 0 Å². The molecule has 0 aromatic carbocycles. The molecule has 0 spiro atoms. The molecule has 460 valence electrons. The van der Waals surface area contributed by atoms with Crippen LogP contribution in [-0.2, 0) is 28.6 Å². The zero-order valence-electron chi connectivity index (χ0n) is 52.9. The zero-order valence-corrected chi connectivity index (χ0v) is 52.9. The molecule has 0 amide bonds. The van der Waals surface area contributed by atoms with Crippen LogP contribution >= 0.6 is 0 Å². The highest BCUT2D eigenvalue weighted by Crippen LogP contribution is 2.18. The van der Waals surface area contributed by atoms with Crippen molar-refractivity contribution < 1.29 is 28.6 Å². The largest absolute Gasteiger partial charge is 0.462 e. The van der Waals surface area contributed by atoms with Gasteiger partial charge in [0, 0.05) is 19.3 Å². The fourth-order valence-corrected chi connectivity index (χ4v) is 10.3. The highest BCUT2D eigenvalue weighted by Gasteiger charge is 2.19. The van der Waals surface area contributed by atoms with E-state index in [1.807, 2.05) is 0 Å². The quantitative estimate of drug-likeness (QED) is 0.0261. The van der Waals surface area contributed by atoms with Crippen LogP contribution in [0.5, 0.6) is 0 Å². The minimum Gasteiger partial charge on any atom is -0.462 e. The summed E-state index contributed by atoms with van der Waals surface area (Å²) < 4.78 is 17.0. The third-order valence-corrected chi connectivity index (χ3v) is 15.5. The Kier molecular flexibility index (Phi) is 65.1. The van der Waals surface area contributed by atoms with Crippen molar-refractivity contribution in [1.82, 2.24) is 0 Å². The summed E-state index contributed by atoms with van der Waals surface area (Å²) in [6, 6.07) is 0. The van der Waals surface area contributed by atoms with Crippen LogP contribution < -0.4 is 0 Å². The van der Waals surface area contributed by atoms with Crippen molar-refractivity contribution in [2.75, 3.05) is 13.2 Å². The summed E-state index contributed by atoms with van der Waals surface area (Å²) in [5, 5.41) is 0. The summed E-state index contributed by atoms with van der Waals surface area (Å²) in [6.07, 6.45) is 86.7. The Labute approximate surface area is 491 Å². The van der Waals surface area contributed by atoms with Gasteiger partial charge in [-0.25, -0.2) is 0 Å². The number of unbranched alkanes of at least 4 members (excludes halogenated alkanes) is 43. The minimum absolute atomic E-state index is 0.0764. The van der Waals surface area contributed by atoms with Crippen LogP contribution in [0.2, 0.25) is 0 Å². The first-order valence-electron chi connectivity index (χ1n) is 34.8. The van der Waals surface area contributed by atoms with Crippen LogP contribution in [-0.4, -0.2) is 37.2 Å². The van der Waals surface area contributed by atoms with E-state index < -0.39 is 6.10 Å². The Morgan fingerprint density at radius 1 is 0.266 bits per heavy atom. The van der Waals surface area contributed by atoms with E-state index in [1.54, 1.807) is 0 Å². The first-order chi connectivity index (χ1) is 39.0. The summed E-state index contributed by atoms with van der Waals surface area (Å²) in [5.41, 5.74) is 0. The molecule has 0 aliphatic carbocycles. The molecule has 1 atom stereocenters. The number of esters is 3. The van der Waals surface area contributed by atoms with Gasteiger partial charge in [-0.05, 0) is 83.5 Å². The number of carbonyl (C=O) groups is 3. The smallest absolute Gasteiger partial charge is 0.306 e. The third kappa shape index (κ3) is 65.8. The summed E-state index contributed by atoms with van der Waals surface area (Å²) in [4.78, 5) is 38.4. The molecule has 1 unspecified atom stereocenters. The molecule has 0 bridgehead atoms. The second kappa shape index (κ2) is 67.6. The topological polar surface area (TPSA) is 78.9 Å². The predicted molar refractivity (Wildman–Crippen MR) is 344 cm³/mol. The van der Waals surface area contributed by atoms with Crippen LogP contribution in [0.4, 0.5) is 0 Å². The van der Waals surface area contributed by atoms with E-state index in [2.05, 4.69) is 81.5 Å². The third-order valence-electron chi connectivity index (χ3n) is 15.5. The number of hydrogen-bond donors (Lipinski definition) is 0. The van der Waals surface area contributed by atoms with E-state index in [-0.39, 0.29) is 31.1 Å². The second-order valence-electron chi connectivity index (χ2n) is 23.4. The van der Waals surface area contributed by atoms with Gasteiger partial charge in [0.05, 0.1) is 0 Å². The average Bonchev–Trinajstić information content (AvgIpc) is 3.45. The molecule has 0 aromatic rings. The van der Waals surface area contributed by atoms with Crippen LogP contribution in [0.25, 0.3) is 0 Å². The van der Waals surface area contributed by atoms with E-state index in [1.165, 1.54) is 231 Å². The lowest BCUT2D eigenvalue weighted by Crippen LogP contribution is -2.30. The highest BCUT2D eigenvalue weighted by atomic mass is 16.6. The molecule has 0 rings (SSSR count). The van der Waals surface area contributed by atoms with Crippen LogP contribution in [0.1, 0.15) is 367 Å². The SMILES string of the molecule is CC/C=C\C/C=C\C/C=C\C/C=C\CCCCCCCCCCC(=O)OC(COC(=O)CCCCCCC/C=C\CCCCCCCC)COC(=O)CCCCCCCCCCCCCCCCCCCCCCCCCCC. The van der Waals surface area contributed by atoms with Gasteiger partial charge < -0.3 is 14.2 Å². The summed E-state index contributed by atoms with van der Waals surface area (Å²) >= 11 is 0. The van der Waals surface area contributed by atoms with Crippen molar-refractivity contribution >= 4 is 17.9 Å². The molecular weight excluding hydrogens is 973 g/mol. The van der Waals surface area contributed by atoms with E-state index >= 15 is 0 Å². The molecule has 0 radical (unpaired) electrons. The number of carbonyl (C=O) groups excluding carboxylic acids is 3. The van der Waals surface area contributed by atoms with E-state index in [0.29, 0.717) is 19.3 Å². The van der Waals surface area contributed by atoms with Crippen molar-refractivity contribution in [3.8, 4) is 0 Å². The Hall–Kier alpha value is -2.89. The molecule has 0 fully saturated rings. The van der Waals surface area contributed by atoms with Crippen molar-refractivity contribution in [1.29, 1.82) is 0 Å². The van der Waals surface area contributed by atoms with E-state index in [4.69, 9.17) is 14.2 Å². The first kappa shape index (κ1) is 76.1. The van der Waals surface area contributed by atoms with Gasteiger partial charge in [-0.2, -0.15) is 0 Å². The molecular formula is C73H132O6. The van der Waals surface area contributed by atoms with Gasteiger partial charge in [0.2, 0.25) is 0 Å². The van der Waals surface area contributed by atoms with Crippen molar-refractivity contribution in [3.63, 3.8) is 0 Å². The fourth-order valence-electron chi connectivity index (χ4n) is 10.3. The molecule has 79 heavy (non-hydrogen) atoms. The maximum Gasteiger partial charge on any atom is 0.306 e. The lowest BCUT2D eigenvalue weighted by Gasteiger charge is -2.18. The lowest BCUT2D eigenvalue weighted by atomic mass is 10.0. The van der Waals surface area contributed by atoms with Gasteiger partial charge in [0.1, 0.15) is 13.2 Å². The Morgan fingerprint density at radius 2 is 0.494 bits per heavy atom. The van der Waals surface area contributed by atoms with Gasteiger partial charge in [0.15, 0.2) is 6.10 Å². The van der Waals surface area contributed by atoms with Crippen molar-refractivity contribution in [3.05, 3.63) is 60.8 Å². The van der Waals surface area contributed by atoms with Crippen LogP contribution in [0.3, 0.4) is 0 Å². The molecule has 0 N–H and O–H groups in total. The Bertz CT molecular complexity index is 1410. The molecule has 6 nitrogen and oxygen atoms in total. The average molecular weight is 1110 g/mol. The molecule has 0 saturated heterocycles. The van der Waals surface area contributed by atoms with Crippen molar-refractivity contribution in [2.24, 2.45) is 0 Å². The Balaban J connectivity index is 4.30. The normalized spacial score (nSPS) is 12.4. The monoisotopic (exact) mass is 1110 g/mol. The highest BCUT2D eigenvalue weighted by molar-refractivity contribution is 5.71.